The van der Waals surface area contributed by atoms with E-state index in [4.69, 9.17) is 0 Å². The van der Waals surface area contributed by atoms with Crippen molar-refractivity contribution in [1.29, 1.82) is 0 Å². The van der Waals surface area contributed by atoms with Crippen LogP contribution in [0.15, 0.2) is 53.4 Å². The molecule has 0 amide bonds. The molecule has 1 aliphatic heterocycles. The molecule has 1 N–H and O–H groups in total. The Morgan fingerprint density at radius 3 is 2.16 bits per heavy atom. The molecular formula is C18H22FN3O2S. The summed E-state index contributed by atoms with van der Waals surface area (Å²) < 4.78 is 39.9. The fraction of sp³-hybridized carbons (Fsp3) is 0.333. The molecule has 0 spiro atoms. The van der Waals surface area contributed by atoms with Crippen LogP contribution < -0.4 is 9.62 Å². The molecule has 0 bridgehead atoms. The van der Waals surface area contributed by atoms with Crippen LogP contribution in [0.2, 0.25) is 0 Å². The van der Waals surface area contributed by atoms with Crippen molar-refractivity contribution in [1.82, 2.24) is 9.62 Å². The quantitative estimate of drug-likeness (QED) is 0.884. The first-order chi connectivity index (χ1) is 11.9. The summed E-state index contributed by atoms with van der Waals surface area (Å²) in [5.41, 5.74) is 2.03. The molecule has 0 saturated carbocycles. The highest BCUT2D eigenvalue weighted by Gasteiger charge is 2.15. The standard InChI is InChI=1S/C18H22FN3O2S/c1-21-10-12-22(13-11-21)17-6-2-15(3-7-17)14-20-25(23,24)18-8-4-16(19)5-9-18/h2-9,20H,10-14H2,1H3. The number of piperazine rings is 1. The van der Waals surface area contributed by atoms with Gasteiger partial charge >= 0.3 is 0 Å². The van der Waals surface area contributed by atoms with E-state index in [1.54, 1.807) is 0 Å². The van der Waals surface area contributed by atoms with Crippen LogP contribution in [0, 0.1) is 5.82 Å². The molecule has 0 aliphatic carbocycles. The molecule has 3 rings (SSSR count). The lowest BCUT2D eigenvalue weighted by atomic mass is 10.2. The number of halogens is 1. The van der Waals surface area contributed by atoms with Crippen LogP contribution in [0.3, 0.4) is 0 Å². The normalized spacial score (nSPS) is 16.2. The summed E-state index contributed by atoms with van der Waals surface area (Å²) in [6, 6.07) is 12.7. The Labute approximate surface area is 148 Å². The van der Waals surface area contributed by atoms with Crippen molar-refractivity contribution in [2.45, 2.75) is 11.4 Å². The minimum Gasteiger partial charge on any atom is -0.369 e. The van der Waals surface area contributed by atoms with Crippen LogP contribution in [0.5, 0.6) is 0 Å². The smallest absolute Gasteiger partial charge is 0.240 e. The molecule has 1 aliphatic rings. The lowest BCUT2D eigenvalue weighted by Crippen LogP contribution is -2.44. The van der Waals surface area contributed by atoms with Crippen LogP contribution in [0.4, 0.5) is 10.1 Å². The summed E-state index contributed by atoms with van der Waals surface area (Å²) in [4.78, 5) is 4.68. The van der Waals surface area contributed by atoms with E-state index < -0.39 is 15.8 Å². The van der Waals surface area contributed by atoms with Crippen LogP contribution in [-0.2, 0) is 16.6 Å². The fourth-order valence-electron chi connectivity index (χ4n) is 2.76. The Morgan fingerprint density at radius 2 is 1.56 bits per heavy atom. The van der Waals surface area contributed by atoms with Crippen molar-refractivity contribution >= 4 is 15.7 Å². The summed E-state index contributed by atoms with van der Waals surface area (Å²) in [6.45, 7) is 4.27. The summed E-state index contributed by atoms with van der Waals surface area (Å²) >= 11 is 0. The van der Waals surface area contributed by atoms with Gasteiger partial charge < -0.3 is 9.80 Å². The molecule has 2 aromatic carbocycles. The summed E-state index contributed by atoms with van der Waals surface area (Å²) in [7, 11) is -1.53. The fourth-order valence-corrected chi connectivity index (χ4v) is 3.78. The van der Waals surface area contributed by atoms with Crippen molar-refractivity contribution in [2.24, 2.45) is 0 Å². The average molecular weight is 363 g/mol. The molecular weight excluding hydrogens is 341 g/mol. The third-order valence-electron chi connectivity index (χ3n) is 4.40. The number of rotatable bonds is 5. The van der Waals surface area contributed by atoms with E-state index in [1.165, 1.54) is 12.1 Å². The van der Waals surface area contributed by atoms with Crippen molar-refractivity contribution in [3.63, 3.8) is 0 Å². The third-order valence-corrected chi connectivity index (χ3v) is 5.81. The maximum Gasteiger partial charge on any atom is 0.240 e. The highest BCUT2D eigenvalue weighted by atomic mass is 32.2. The second kappa shape index (κ2) is 7.51. The van der Waals surface area contributed by atoms with Crippen molar-refractivity contribution in [3.8, 4) is 0 Å². The molecule has 134 valence electrons. The number of nitrogens with zero attached hydrogens (tertiary/aromatic N) is 2. The Hall–Kier alpha value is -1.96. The van der Waals surface area contributed by atoms with E-state index in [0.717, 1.165) is 49.6 Å². The molecule has 7 heteroatoms. The monoisotopic (exact) mass is 363 g/mol. The number of likely N-dealkylation sites (N-methyl/N-ethyl adjacent to an activating group) is 1. The largest absolute Gasteiger partial charge is 0.369 e. The Bertz CT molecular complexity index is 799. The molecule has 0 atom stereocenters. The van der Waals surface area contributed by atoms with Crippen molar-refractivity contribution < 1.29 is 12.8 Å². The van der Waals surface area contributed by atoms with E-state index in [1.807, 2.05) is 24.3 Å². The molecule has 1 heterocycles. The maximum absolute atomic E-state index is 12.9. The van der Waals surface area contributed by atoms with Crippen molar-refractivity contribution in [3.05, 3.63) is 59.9 Å². The second-order valence-electron chi connectivity index (χ2n) is 6.24. The van der Waals surface area contributed by atoms with Gasteiger partial charge in [0.1, 0.15) is 5.82 Å². The van der Waals surface area contributed by atoms with Gasteiger partial charge in [0, 0.05) is 38.4 Å². The van der Waals surface area contributed by atoms with Gasteiger partial charge in [0.25, 0.3) is 0 Å². The Morgan fingerprint density at radius 1 is 0.960 bits per heavy atom. The second-order valence-corrected chi connectivity index (χ2v) is 8.00. The first-order valence-corrected chi connectivity index (χ1v) is 9.70. The van der Waals surface area contributed by atoms with E-state index in [0.29, 0.717) is 0 Å². The van der Waals surface area contributed by atoms with Gasteiger partial charge in [-0.3, -0.25) is 0 Å². The molecule has 1 fully saturated rings. The Balaban J connectivity index is 1.61. The number of benzene rings is 2. The summed E-state index contributed by atoms with van der Waals surface area (Å²) in [5, 5.41) is 0. The number of anilines is 1. The van der Waals surface area contributed by atoms with Gasteiger partial charge in [0.2, 0.25) is 10.0 Å². The lowest BCUT2D eigenvalue weighted by molar-refractivity contribution is 0.313. The van der Waals surface area contributed by atoms with E-state index in [-0.39, 0.29) is 11.4 Å². The van der Waals surface area contributed by atoms with Gasteiger partial charge in [-0.05, 0) is 49.0 Å². The number of hydrogen-bond donors (Lipinski definition) is 1. The van der Waals surface area contributed by atoms with E-state index >= 15 is 0 Å². The highest BCUT2D eigenvalue weighted by molar-refractivity contribution is 7.89. The number of sulfonamides is 1. The average Bonchev–Trinajstić information content (AvgIpc) is 2.62. The van der Waals surface area contributed by atoms with Gasteiger partial charge in [0.15, 0.2) is 0 Å². The van der Waals surface area contributed by atoms with E-state index in [9.17, 15) is 12.8 Å². The molecule has 25 heavy (non-hydrogen) atoms. The maximum atomic E-state index is 12.9. The molecule has 2 aromatic rings. The Kier molecular flexibility index (Phi) is 5.36. The summed E-state index contributed by atoms with van der Waals surface area (Å²) in [6.07, 6.45) is 0. The third kappa shape index (κ3) is 4.56. The lowest BCUT2D eigenvalue weighted by Gasteiger charge is -2.34. The molecule has 0 radical (unpaired) electrons. The predicted molar refractivity (Wildman–Crippen MR) is 96.6 cm³/mol. The van der Waals surface area contributed by atoms with Crippen LogP contribution in [0.25, 0.3) is 0 Å². The zero-order valence-corrected chi connectivity index (χ0v) is 15.0. The predicted octanol–water partition coefficient (Wildman–Crippen LogP) is 2.06. The first-order valence-electron chi connectivity index (χ1n) is 8.22. The van der Waals surface area contributed by atoms with E-state index in [2.05, 4.69) is 21.6 Å². The summed E-state index contributed by atoms with van der Waals surface area (Å²) in [5.74, 6) is -0.460. The molecule has 0 aromatic heterocycles. The van der Waals surface area contributed by atoms with Gasteiger partial charge in [-0.15, -0.1) is 0 Å². The zero-order valence-electron chi connectivity index (χ0n) is 14.2. The van der Waals surface area contributed by atoms with Crippen LogP contribution in [-0.4, -0.2) is 46.5 Å². The van der Waals surface area contributed by atoms with Gasteiger partial charge in [0.05, 0.1) is 4.90 Å². The van der Waals surface area contributed by atoms with Crippen LogP contribution >= 0.6 is 0 Å². The number of hydrogen-bond acceptors (Lipinski definition) is 4. The van der Waals surface area contributed by atoms with Gasteiger partial charge in [-0.2, -0.15) is 0 Å². The molecule has 5 nitrogen and oxygen atoms in total. The van der Waals surface area contributed by atoms with Crippen LogP contribution in [0.1, 0.15) is 5.56 Å². The minimum absolute atomic E-state index is 0.0583. The first kappa shape index (κ1) is 17.8. The number of nitrogens with one attached hydrogen (secondary N) is 1. The van der Waals surface area contributed by atoms with Gasteiger partial charge in [-0.25, -0.2) is 17.5 Å². The van der Waals surface area contributed by atoms with Gasteiger partial charge in [-0.1, -0.05) is 12.1 Å². The topological polar surface area (TPSA) is 52.6 Å². The zero-order chi connectivity index (χ0) is 17.9. The highest BCUT2D eigenvalue weighted by Crippen LogP contribution is 2.17. The SMILES string of the molecule is CN1CCN(c2ccc(CNS(=O)(=O)c3ccc(F)cc3)cc2)CC1. The molecule has 0 unspecified atom stereocenters. The molecule has 1 saturated heterocycles. The van der Waals surface area contributed by atoms with Crippen molar-refractivity contribution in [2.75, 3.05) is 38.1 Å². The minimum atomic E-state index is -3.64.